The topological polar surface area (TPSA) is 64.4 Å². The maximum atomic E-state index is 10.8. The van der Waals surface area contributed by atoms with Crippen molar-refractivity contribution >= 4 is 21.6 Å². The highest BCUT2D eigenvalue weighted by Crippen LogP contribution is 2.33. The molecule has 1 atom stereocenters. The van der Waals surface area contributed by atoms with E-state index in [9.17, 15) is 10.1 Å². The van der Waals surface area contributed by atoms with Crippen LogP contribution in [0.5, 0.6) is 5.75 Å². The Balaban J connectivity index is 2.18. The van der Waals surface area contributed by atoms with Crippen molar-refractivity contribution in [2.75, 3.05) is 13.1 Å². The van der Waals surface area contributed by atoms with Gasteiger partial charge in [0.2, 0.25) is 0 Å². The average Bonchev–Trinajstić information content (AvgIpc) is 2.34. The van der Waals surface area contributed by atoms with Crippen LogP contribution in [0.15, 0.2) is 16.6 Å². The second kappa shape index (κ2) is 5.67. The fraction of sp³-hybridized carbons (Fsp3) is 0.500. The lowest BCUT2D eigenvalue weighted by Gasteiger charge is -2.24. The van der Waals surface area contributed by atoms with E-state index in [4.69, 9.17) is 4.74 Å². The van der Waals surface area contributed by atoms with E-state index < -0.39 is 0 Å². The fourth-order valence-electron chi connectivity index (χ4n) is 2.03. The van der Waals surface area contributed by atoms with Crippen LogP contribution in [0.4, 0.5) is 5.69 Å². The molecule has 2 rings (SSSR count). The number of nitrogens with zero attached hydrogens (tertiary/aromatic N) is 1. The number of halogens is 1. The molecule has 0 amide bonds. The van der Waals surface area contributed by atoms with Gasteiger partial charge in [0, 0.05) is 18.2 Å². The quantitative estimate of drug-likeness (QED) is 0.688. The van der Waals surface area contributed by atoms with Crippen LogP contribution in [0.3, 0.4) is 0 Å². The molecule has 0 saturated carbocycles. The Morgan fingerprint density at radius 3 is 2.94 bits per heavy atom. The summed E-state index contributed by atoms with van der Waals surface area (Å²) < 4.78 is 6.50. The standard InChI is InChI=1S/C12H15BrN2O3/c1-8-5-12(10(13)6-11(8)15(16)17)18-9-3-2-4-14-7-9/h5-6,9,14H,2-4,7H2,1H3. The lowest BCUT2D eigenvalue weighted by molar-refractivity contribution is -0.385. The first-order valence-corrected chi connectivity index (χ1v) is 6.69. The zero-order valence-corrected chi connectivity index (χ0v) is 11.7. The number of piperidine rings is 1. The van der Waals surface area contributed by atoms with Gasteiger partial charge >= 0.3 is 0 Å². The van der Waals surface area contributed by atoms with E-state index >= 15 is 0 Å². The van der Waals surface area contributed by atoms with Crippen molar-refractivity contribution in [3.8, 4) is 5.75 Å². The molecule has 6 heteroatoms. The van der Waals surface area contributed by atoms with Crippen molar-refractivity contribution in [3.05, 3.63) is 32.3 Å². The number of aryl methyl sites for hydroxylation is 1. The Kier molecular flexibility index (Phi) is 4.19. The highest BCUT2D eigenvalue weighted by atomic mass is 79.9. The molecule has 18 heavy (non-hydrogen) atoms. The molecule has 0 spiro atoms. The van der Waals surface area contributed by atoms with Crippen LogP contribution < -0.4 is 10.1 Å². The fourth-order valence-corrected chi connectivity index (χ4v) is 2.46. The van der Waals surface area contributed by atoms with Crippen LogP contribution in [-0.2, 0) is 0 Å². The summed E-state index contributed by atoms with van der Waals surface area (Å²) in [5.41, 5.74) is 0.720. The van der Waals surface area contributed by atoms with E-state index in [2.05, 4.69) is 21.2 Å². The number of hydrogen-bond acceptors (Lipinski definition) is 4. The number of benzene rings is 1. The average molecular weight is 315 g/mol. The summed E-state index contributed by atoms with van der Waals surface area (Å²) in [5, 5.41) is 14.1. The van der Waals surface area contributed by atoms with Gasteiger partial charge in [-0.1, -0.05) is 0 Å². The van der Waals surface area contributed by atoms with Crippen molar-refractivity contribution in [3.63, 3.8) is 0 Å². The van der Waals surface area contributed by atoms with Crippen molar-refractivity contribution in [2.45, 2.75) is 25.9 Å². The Hall–Kier alpha value is -1.14. The van der Waals surface area contributed by atoms with Crippen molar-refractivity contribution in [2.24, 2.45) is 0 Å². The minimum atomic E-state index is -0.383. The Morgan fingerprint density at radius 2 is 2.33 bits per heavy atom. The third kappa shape index (κ3) is 3.00. The zero-order chi connectivity index (χ0) is 13.1. The van der Waals surface area contributed by atoms with E-state index in [1.807, 2.05) is 0 Å². The summed E-state index contributed by atoms with van der Waals surface area (Å²) in [6, 6.07) is 3.22. The van der Waals surface area contributed by atoms with Crippen LogP contribution in [-0.4, -0.2) is 24.1 Å². The summed E-state index contributed by atoms with van der Waals surface area (Å²) in [4.78, 5) is 10.4. The first kappa shape index (κ1) is 13.3. The van der Waals surface area contributed by atoms with E-state index in [0.717, 1.165) is 25.9 Å². The number of hydrogen-bond donors (Lipinski definition) is 1. The van der Waals surface area contributed by atoms with Gasteiger partial charge in [-0.05, 0) is 48.3 Å². The summed E-state index contributed by atoms with van der Waals surface area (Å²) in [5.74, 6) is 0.673. The summed E-state index contributed by atoms with van der Waals surface area (Å²) in [7, 11) is 0. The SMILES string of the molecule is Cc1cc(OC2CCCNC2)c(Br)cc1[N+](=O)[O-]. The molecule has 0 radical (unpaired) electrons. The third-order valence-corrected chi connectivity index (χ3v) is 3.61. The molecule has 1 saturated heterocycles. The molecule has 0 aromatic heterocycles. The Morgan fingerprint density at radius 1 is 1.56 bits per heavy atom. The van der Waals surface area contributed by atoms with Crippen LogP contribution in [0, 0.1) is 17.0 Å². The van der Waals surface area contributed by atoms with Gasteiger partial charge < -0.3 is 10.1 Å². The molecular weight excluding hydrogens is 300 g/mol. The summed E-state index contributed by atoms with van der Waals surface area (Å²) in [6.07, 6.45) is 2.24. The third-order valence-electron chi connectivity index (χ3n) is 2.99. The molecule has 1 unspecified atom stereocenters. The predicted octanol–water partition coefficient (Wildman–Crippen LogP) is 2.80. The first-order chi connectivity index (χ1) is 8.58. The van der Waals surface area contributed by atoms with Gasteiger partial charge in [0.15, 0.2) is 0 Å². The number of nitrogens with one attached hydrogen (secondary N) is 1. The Bertz CT molecular complexity index is 459. The lowest BCUT2D eigenvalue weighted by atomic mass is 10.1. The molecule has 1 fully saturated rings. The second-order valence-corrected chi connectivity index (χ2v) is 5.27. The normalized spacial score (nSPS) is 19.6. The molecule has 0 bridgehead atoms. The molecule has 1 aliphatic heterocycles. The van der Waals surface area contributed by atoms with Gasteiger partial charge in [-0.15, -0.1) is 0 Å². The van der Waals surface area contributed by atoms with E-state index in [-0.39, 0.29) is 16.7 Å². The van der Waals surface area contributed by atoms with Gasteiger partial charge in [0.05, 0.1) is 9.40 Å². The molecule has 1 aromatic rings. The maximum Gasteiger partial charge on any atom is 0.273 e. The molecular formula is C12H15BrN2O3. The molecule has 1 aromatic carbocycles. The summed E-state index contributed by atoms with van der Waals surface area (Å²) in [6.45, 7) is 3.57. The molecule has 1 N–H and O–H groups in total. The number of rotatable bonds is 3. The number of ether oxygens (including phenoxy) is 1. The van der Waals surface area contributed by atoms with Gasteiger partial charge in [0.1, 0.15) is 11.9 Å². The van der Waals surface area contributed by atoms with Crippen LogP contribution in [0.1, 0.15) is 18.4 Å². The monoisotopic (exact) mass is 314 g/mol. The van der Waals surface area contributed by atoms with E-state index in [1.165, 1.54) is 6.07 Å². The minimum Gasteiger partial charge on any atom is -0.488 e. The van der Waals surface area contributed by atoms with E-state index in [0.29, 0.717) is 15.8 Å². The number of nitro groups is 1. The van der Waals surface area contributed by atoms with Crippen molar-refractivity contribution < 1.29 is 9.66 Å². The van der Waals surface area contributed by atoms with Crippen molar-refractivity contribution in [1.82, 2.24) is 5.32 Å². The smallest absolute Gasteiger partial charge is 0.273 e. The zero-order valence-electron chi connectivity index (χ0n) is 10.1. The Labute approximate surface area is 114 Å². The van der Waals surface area contributed by atoms with Crippen LogP contribution >= 0.6 is 15.9 Å². The molecule has 98 valence electrons. The van der Waals surface area contributed by atoms with Gasteiger partial charge in [-0.3, -0.25) is 10.1 Å². The van der Waals surface area contributed by atoms with Gasteiger partial charge in [0.25, 0.3) is 5.69 Å². The van der Waals surface area contributed by atoms with Crippen molar-refractivity contribution in [1.29, 1.82) is 0 Å². The molecule has 5 nitrogen and oxygen atoms in total. The minimum absolute atomic E-state index is 0.107. The van der Waals surface area contributed by atoms with Gasteiger partial charge in [-0.25, -0.2) is 0 Å². The highest BCUT2D eigenvalue weighted by molar-refractivity contribution is 9.10. The first-order valence-electron chi connectivity index (χ1n) is 5.90. The number of nitro benzene ring substituents is 1. The lowest BCUT2D eigenvalue weighted by Crippen LogP contribution is -2.37. The van der Waals surface area contributed by atoms with Crippen LogP contribution in [0.25, 0.3) is 0 Å². The largest absolute Gasteiger partial charge is 0.488 e. The van der Waals surface area contributed by atoms with Gasteiger partial charge in [-0.2, -0.15) is 0 Å². The molecule has 1 heterocycles. The predicted molar refractivity (Wildman–Crippen MR) is 72.1 cm³/mol. The highest BCUT2D eigenvalue weighted by Gasteiger charge is 2.19. The maximum absolute atomic E-state index is 10.8. The molecule has 0 aliphatic carbocycles. The van der Waals surface area contributed by atoms with E-state index in [1.54, 1.807) is 13.0 Å². The second-order valence-electron chi connectivity index (χ2n) is 4.41. The van der Waals surface area contributed by atoms with Crippen LogP contribution in [0.2, 0.25) is 0 Å². The summed E-state index contributed by atoms with van der Waals surface area (Å²) >= 11 is 3.33. The molecule has 1 aliphatic rings.